The molecule has 0 bridgehead atoms. The Morgan fingerprint density at radius 3 is 2.67 bits per heavy atom. The number of hydrogen-bond donors (Lipinski definition) is 2. The number of nitrogen functional groups attached to an aromatic ring is 1. The van der Waals surface area contributed by atoms with Crippen LogP contribution in [-0.4, -0.2) is 21.7 Å². The summed E-state index contributed by atoms with van der Waals surface area (Å²) >= 11 is 5.27. The van der Waals surface area contributed by atoms with Crippen LogP contribution in [0.4, 0.5) is 11.4 Å². The number of phenols is 1. The molecule has 0 atom stereocenters. The van der Waals surface area contributed by atoms with Crippen molar-refractivity contribution in [1.29, 1.82) is 0 Å². The predicted octanol–water partition coefficient (Wildman–Crippen LogP) is 1.30. The van der Waals surface area contributed by atoms with Gasteiger partial charge in [0.2, 0.25) is 0 Å². The van der Waals surface area contributed by atoms with Crippen molar-refractivity contribution in [2.75, 3.05) is 11.6 Å². The van der Waals surface area contributed by atoms with Gasteiger partial charge in [0.1, 0.15) is 5.56 Å². The van der Waals surface area contributed by atoms with Gasteiger partial charge in [-0.2, -0.15) is 0 Å². The number of carbonyl (C=O) groups is 1. The second-order valence-electron chi connectivity index (χ2n) is 2.75. The van der Waals surface area contributed by atoms with E-state index in [2.05, 4.69) is 0 Å². The third-order valence-corrected chi connectivity index (χ3v) is 1.96. The molecule has 1 aromatic rings. The number of rotatable bonds is 3. The molecule has 0 saturated heterocycles. The number of nitro groups is 1. The van der Waals surface area contributed by atoms with E-state index in [9.17, 15) is 20.0 Å². The van der Waals surface area contributed by atoms with Crippen LogP contribution in [0.2, 0.25) is 0 Å². The van der Waals surface area contributed by atoms with E-state index in [1.54, 1.807) is 0 Å². The maximum Gasteiger partial charge on any atom is 0.321 e. The number of anilines is 1. The fourth-order valence-electron chi connectivity index (χ4n) is 1.12. The molecule has 80 valence electrons. The van der Waals surface area contributed by atoms with Crippen molar-refractivity contribution in [1.82, 2.24) is 0 Å². The summed E-state index contributed by atoms with van der Waals surface area (Å²) in [6.45, 7) is 0. The van der Waals surface area contributed by atoms with Crippen molar-refractivity contribution < 1.29 is 14.8 Å². The lowest BCUT2D eigenvalue weighted by Crippen LogP contribution is -2.06. The number of aromatic hydroxyl groups is 1. The van der Waals surface area contributed by atoms with E-state index in [4.69, 9.17) is 17.3 Å². The first-order valence-corrected chi connectivity index (χ1v) is 4.37. The predicted molar refractivity (Wildman–Crippen MR) is 54.2 cm³/mol. The summed E-state index contributed by atoms with van der Waals surface area (Å²) in [7, 11) is 0. The van der Waals surface area contributed by atoms with Crippen LogP contribution in [-0.2, 0) is 0 Å². The van der Waals surface area contributed by atoms with Crippen molar-refractivity contribution in [3.63, 3.8) is 0 Å². The Labute approximate surface area is 89.4 Å². The van der Waals surface area contributed by atoms with Crippen molar-refractivity contribution in [2.24, 2.45) is 0 Å². The molecule has 6 nitrogen and oxygen atoms in total. The molecule has 7 heteroatoms. The van der Waals surface area contributed by atoms with Crippen molar-refractivity contribution in [3.8, 4) is 5.75 Å². The smallest absolute Gasteiger partial charge is 0.321 e. The van der Waals surface area contributed by atoms with Crippen LogP contribution in [0, 0.1) is 10.1 Å². The molecule has 1 aromatic carbocycles. The molecule has 1 rings (SSSR count). The number of benzene rings is 1. The zero-order valence-electron chi connectivity index (χ0n) is 7.44. The minimum Gasteiger partial charge on any atom is -0.502 e. The molecule has 15 heavy (non-hydrogen) atoms. The normalized spacial score (nSPS) is 9.93. The molecule has 0 spiro atoms. The number of nitrogens with zero attached hydrogens (tertiary/aromatic N) is 1. The van der Waals surface area contributed by atoms with E-state index >= 15 is 0 Å². The largest absolute Gasteiger partial charge is 0.502 e. The van der Waals surface area contributed by atoms with Gasteiger partial charge in [-0.1, -0.05) is 0 Å². The zero-order valence-corrected chi connectivity index (χ0v) is 8.19. The Hall–Kier alpha value is -1.82. The summed E-state index contributed by atoms with van der Waals surface area (Å²) in [6, 6.07) is 2.12. The first kappa shape index (κ1) is 11.3. The Balaban J connectivity index is 3.46. The van der Waals surface area contributed by atoms with Crippen molar-refractivity contribution >= 4 is 28.8 Å². The minimum absolute atomic E-state index is 0.0616. The highest BCUT2D eigenvalue weighted by atomic mass is 35.5. The second kappa shape index (κ2) is 4.14. The van der Waals surface area contributed by atoms with Crippen LogP contribution < -0.4 is 5.73 Å². The quantitative estimate of drug-likeness (QED) is 0.268. The van der Waals surface area contributed by atoms with Gasteiger partial charge in [0.25, 0.3) is 0 Å². The van der Waals surface area contributed by atoms with Gasteiger partial charge in [-0.3, -0.25) is 14.9 Å². The summed E-state index contributed by atoms with van der Waals surface area (Å²) in [6.07, 6.45) is 0. The van der Waals surface area contributed by atoms with E-state index < -0.39 is 28.0 Å². The first-order chi connectivity index (χ1) is 6.97. The summed E-state index contributed by atoms with van der Waals surface area (Å²) in [5, 5.41) is 19.9. The molecule has 3 N–H and O–H groups in total. The topological polar surface area (TPSA) is 106 Å². The molecule has 0 aliphatic carbocycles. The second-order valence-corrected chi connectivity index (χ2v) is 3.02. The highest BCUT2D eigenvalue weighted by molar-refractivity contribution is 6.31. The first-order valence-electron chi connectivity index (χ1n) is 3.83. The molecule has 0 amide bonds. The van der Waals surface area contributed by atoms with Gasteiger partial charge in [-0.15, -0.1) is 11.6 Å². The number of phenolic OH excluding ortho intramolecular Hbond substituents is 1. The molecule has 0 radical (unpaired) electrons. The Morgan fingerprint density at radius 2 is 2.20 bits per heavy atom. The molecule has 0 aliphatic rings. The Kier molecular flexibility index (Phi) is 3.11. The fourth-order valence-corrected chi connectivity index (χ4v) is 1.26. The van der Waals surface area contributed by atoms with Gasteiger partial charge in [-0.05, 0) is 6.07 Å². The molecule has 0 saturated carbocycles. The van der Waals surface area contributed by atoms with E-state index in [-0.39, 0.29) is 11.3 Å². The van der Waals surface area contributed by atoms with Gasteiger partial charge in [-0.25, -0.2) is 0 Å². The van der Waals surface area contributed by atoms with Gasteiger partial charge < -0.3 is 10.8 Å². The standard InChI is InChI=1S/C8H7ClN2O4/c9-3-7(13)5-1-4(10)2-6(12)8(5)11(14)15/h1-2,12H,3,10H2. The molecule has 0 heterocycles. The lowest BCUT2D eigenvalue weighted by atomic mass is 10.1. The molecular weight excluding hydrogens is 224 g/mol. The maximum absolute atomic E-state index is 11.2. The fraction of sp³-hybridized carbons (Fsp3) is 0.125. The van der Waals surface area contributed by atoms with E-state index in [0.29, 0.717) is 0 Å². The SMILES string of the molecule is Nc1cc(O)c([N+](=O)[O-])c(C(=O)CCl)c1. The number of alkyl halides is 1. The molecular formula is C8H7ClN2O4. The number of carbonyl (C=O) groups excluding carboxylic acids is 1. The monoisotopic (exact) mass is 230 g/mol. The number of nitrogens with two attached hydrogens (primary N) is 1. The van der Waals surface area contributed by atoms with Crippen molar-refractivity contribution in [3.05, 3.63) is 27.8 Å². The molecule has 0 fully saturated rings. The van der Waals surface area contributed by atoms with E-state index in [0.717, 1.165) is 12.1 Å². The molecule has 0 aliphatic heterocycles. The number of nitro benzene ring substituents is 1. The van der Waals surface area contributed by atoms with Gasteiger partial charge in [0.05, 0.1) is 10.8 Å². The van der Waals surface area contributed by atoms with Crippen LogP contribution in [0.5, 0.6) is 5.75 Å². The lowest BCUT2D eigenvalue weighted by molar-refractivity contribution is -0.386. The van der Waals surface area contributed by atoms with Crippen LogP contribution >= 0.6 is 11.6 Å². The highest BCUT2D eigenvalue weighted by Crippen LogP contribution is 2.32. The average molecular weight is 231 g/mol. The highest BCUT2D eigenvalue weighted by Gasteiger charge is 2.24. The molecule has 0 unspecified atom stereocenters. The lowest BCUT2D eigenvalue weighted by Gasteiger charge is -2.03. The number of Topliss-reactive ketones (excluding diaryl/α,β-unsaturated/α-hetero) is 1. The van der Waals surface area contributed by atoms with Crippen LogP contribution in [0.25, 0.3) is 0 Å². The summed E-state index contributed by atoms with van der Waals surface area (Å²) < 4.78 is 0. The number of hydrogen-bond acceptors (Lipinski definition) is 5. The van der Waals surface area contributed by atoms with Gasteiger partial charge >= 0.3 is 5.69 Å². The number of ketones is 1. The zero-order chi connectivity index (χ0) is 11.6. The van der Waals surface area contributed by atoms with E-state index in [1.807, 2.05) is 0 Å². The van der Waals surface area contributed by atoms with Gasteiger partial charge in [0, 0.05) is 11.8 Å². The third-order valence-electron chi connectivity index (χ3n) is 1.72. The summed E-state index contributed by atoms with van der Waals surface area (Å²) in [5.74, 6) is -1.72. The minimum atomic E-state index is -0.853. The maximum atomic E-state index is 11.2. The van der Waals surface area contributed by atoms with Crippen LogP contribution in [0.3, 0.4) is 0 Å². The van der Waals surface area contributed by atoms with Crippen molar-refractivity contribution in [2.45, 2.75) is 0 Å². The van der Waals surface area contributed by atoms with Gasteiger partial charge in [0.15, 0.2) is 11.5 Å². The van der Waals surface area contributed by atoms with E-state index in [1.165, 1.54) is 0 Å². The molecule has 0 aromatic heterocycles. The Morgan fingerprint density at radius 1 is 1.60 bits per heavy atom. The summed E-state index contributed by atoms with van der Waals surface area (Å²) in [5.41, 5.74) is 4.45. The van der Waals surface area contributed by atoms with Crippen LogP contribution in [0.15, 0.2) is 12.1 Å². The summed E-state index contributed by atoms with van der Waals surface area (Å²) in [4.78, 5) is 21.0. The number of halogens is 1. The van der Waals surface area contributed by atoms with Crippen LogP contribution in [0.1, 0.15) is 10.4 Å². The Bertz CT molecular complexity index is 433. The average Bonchev–Trinajstić information content (AvgIpc) is 2.14. The third kappa shape index (κ3) is 2.16.